The summed E-state index contributed by atoms with van der Waals surface area (Å²) >= 11 is 0. The van der Waals surface area contributed by atoms with Crippen LogP contribution in [0.3, 0.4) is 0 Å². The molecule has 3 N–H and O–H groups in total. The van der Waals surface area contributed by atoms with Crippen molar-refractivity contribution in [3.8, 4) is 0 Å². The molecule has 1 atom stereocenters. The average molecular weight is 157 g/mol. The van der Waals surface area contributed by atoms with Crippen LogP contribution in [0.4, 0.5) is 0 Å². The van der Waals surface area contributed by atoms with Gasteiger partial charge in [-0.2, -0.15) is 0 Å². The fourth-order valence-electron chi connectivity index (χ4n) is 2.14. The largest absolute Gasteiger partial charge is 0.389 e. The van der Waals surface area contributed by atoms with Crippen LogP contribution in [-0.2, 0) is 0 Å². The van der Waals surface area contributed by atoms with E-state index in [1.54, 1.807) is 0 Å². The molecule has 0 amide bonds. The van der Waals surface area contributed by atoms with Crippen LogP contribution in [0.2, 0.25) is 0 Å². The molecule has 0 aromatic rings. The Labute approximate surface area is 68.8 Å². The quantitative estimate of drug-likeness (QED) is 0.602. The van der Waals surface area contributed by atoms with Gasteiger partial charge >= 0.3 is 0 Å². The molecule has 0 radical (unpaired) electrons. The highest BCUT2D eigenvalue weighted by Crippen LogP contribution is 2.40. The smallest absolute Gasteiger partial charge is 0.0774 e. The fourth-order valence-corrected chi connectivity index (χ4v) is 2.14. The first-order chi connectivity index (χ1) is 4.97. The molecular formula is C9H19NO. The van der Waals surface area contributed by atoms with E-state index in [1.165, 1.54) is 6.42 Å². The van der Waals surface area contributed by atoms with Gasteiger partial charge in [0.2, 0.25) is 0 Å². The lowest BCUT2D eigenvalue weighted by atomic mass is 9.70. The number of rotatable bonds is 1. The Hall–Kier alpha value is -0.0800. The van der Waals surface area contributed by atoms with Crippen molar-refractivity contribution < 1.29 is 5.11 Å². The summed E-state index contributed by atoms with van der Waals surface area (Å²) in [4.78, 5) is 0. The molecule has 0 bridgehead atoms. The molecule has 0 aliphatic heterocycles. The van der Waals surface area contributed by atoms with Crippen molar-refractivity contribution in [3.05, 3.63) is 0 Å². The minimum absolute atomic E-state index is 0.284. The average Bonchev–Trinajstić information content (AvgIpc) is 1.85. The highest BCUT2D eigenvalue weighted by Gasteiger charge is 2.37. The molecule has 11 heavy (non-hydrogen) atoms. The molecule has 66 valence electrons. The van der Waals surface area contributed by atoms with E-state index in [-0.39, 0.29) is 5.41 Å². The fraction of sp³-hybridized carbons (Fsp3) is 1.00. The number of hydrogen-bond donors (Lipinski definition) is 2. The first-order valence-electron chi connectivity index (χ1n) is 4.40. The molecule has 0 aromatic carbocycles. The Kier molecular flexibility index (Phi) is 2.26. The maximum Gasteiger partial charge on any atom is 0.0774 e. The second-order valence-electron chi connectivity index (χ2n) is 4.62. The maximum absolute atomic E-state index is 9.89. The second-order valence-corrected chi connectivity index (χ2v) is 4.62. The van der Waals surface area contributed by atoms with Gasteiger partial charge < -0.3 is 10.8 Å². The lowest BCUT2D eigenvalue weighted by Gasteiger charge is -2.40. The first-order valence-corrected chi connectivity index (χ1v) is 4.40. The third-order valence-corrected chi connectivity index (χ3v) is 2.68. The normalized spacial score (nSPS) is 37.1. The van der Waals surface area contributed by atoms with E-state index < -0.39 is 5.60 Å². The standard InChI is InChI=1S/C9H19NO/c1-8(2)4-3-5-9(11,6-8)7-10/h11H,3-7,10H2,1-2H3/t9-/m0/s1. The molecule has 1 fully saturated rings. The molecule has 1 aliphatic carbocycles. The Morgan fingerprint density at radius 2 is 2.00 bits per heavy atom. The Morgan fingerprint density at radius 1 is 1.36 bits per heavy atom. The lowest BCUT2D eigenvalue weighted by molar-refractivity contribution is -0.0310. The highest BCUT2D eigenvalue weighted by molar-refractivity contribution is 4.90. The third kappa shape index (κ3) is 2.17. The van der Waals surface area contributed by atoms with Crippen LogP contribution in [0.5, 0.6) is 0 Å². The topological polar surface area (TPSA) is 46.2 Å². The van der Waals surface area contributed by atoms with Crippen LogP contribution in [-0.4, -0.2) is 17.3 Å². The molecule has 0 spiro atoms. The SMILES string of the molecule is CC1(C)CCC[C@@](O)(CN)C1. The van der Waals surface area contributed by atoms with Crippen molar-refractivity contribution in [3.63, 3.8) is 0 Å². The molecule has 0 aromatic heterocycles. The third-order valence-electron chi connectivity index (χ3n) is 2.68. The van der Waals surface area contributed by atoms with Crippen molar-refractivity contribution in [2.45, 2.75) is 45.1 Å². The van der Waals surface area contributed by atoms with E-state index in [4.69, 9.17) is 5.73 Å². The molecule has 1 aliphatic rings. The van der Waals surface area contributed by atoms with Crippen LogP contribution in [0.25, 0.3) is 0 Å². The van der Waals surface area contributed by atoms with Gasteiger partial charge in [0, 0.05) is 6.54 Å². The van der Waals surface area contributed by atoms with Crippen LogP contribution in [0.1, 0.15) is 39.5 Å². The van der Waals surface area contributed by atoms with E-state index in [9.17, 15) is 5.11 Å². The van der Waals surface area contributed by atoms with Gasteiger partial charge in [0.1, 0.15) is 0 Å². The van der Waals surface area contributed by atoms with Crippen molar-refractivity contribution >= 4 is 0 Å². The van der Waals surface area contributed by atoms with Gasteiger partial charge in [-0.3, -0.25) is 0 Å². The van der Waals surface area contributed by atoms with E-state index in [0.29, 0.717) is 6.54 Å². The second kappa shape index (κ2) is 2.76. The maximum atomic E-state index is 9.89. The van der Waals surface area contributed by atoms with Gasteiger partial charge in [0.05, 0.1) is 5.60 Å². The van der Waals surface area contributed by atoms with Gasteiger partial charge in [-0.25, -0.2) is 0 Å². The van der Waals surface area contributed by atoms with Gasteiger partial charge in [-0.15, -0.1) is 0 Å². The zero-order chi connectivity index (χ0) is 8.54. The molecule has 0 unspecified atom stereocenters. The summed E-state index contributed by atoms with van der Waals surface area (Å²) in [7, 11) is 0. The monoisotopic (exact) mass is 157 g/mol. The van der Waals surface area contributed by atoms with Gasteiger partial charge in [-0.05, 0) is 24.7 Å². The van der Waals surface area contributed by atoms with Gasteiger partial charge in [0.25, 0.3) is 0 Å². The number of nitrogens with two attached hydrogens (primary N) is 1. The Balaban J connectivity index is 2.59. The van der Waals surface area contributed by atoms with Crippen molar-refractivity contribution in [2.75, 3.05) is 6.54 Å². The van der Waals surface area contributed by atoms with E-state index in [0.717, 1.165) is 19.3 Å². The molecule has 0 heterocycles. The van der Waals surface area contributed by atoms with Crippen LogP contribution in [0, 0.1) is 5.41 Å². The molecule has 0 saturated heterocycles. The summed E-state index contributed by atoms with van der Waals surface area (Å²) in [6.45, 7) is 4.82. The zero-order valence-corrected chi connectivity index (χ0v) is 7.56. The van der Waals surface area contributed by atoms with Crippen molar-refractivity contribution in [1.29, 1.82) is 0 Å². The lowest BCUT2D eigenvalue weighted by Crippen LogP contribution is -2.44. The van der Waals surface area contributed by atoms with Crippen LogP contribution < -0.4 is 5.73 Å². The molecule has 2 heteroatoms. The molecule has 2 nitrogen and oxygen atoms in total. The van der Waals surface area contributed by atoms with E-state index in [2.05, 4.69) is 13.8 Å². The minimum Gasteiger partial charge on any atom is -0.389 e. The van der Waals surface area contributed by atoms with Gasteiger partial charge in [-0.1, -0.05) is 20.3 Å². The highest BCUT2D eigenvalue weighted by atomic mass is 16.3. The number of aliphatic hydroxyl groups is 1. The molecule has 1 saturated carbocycles. The van der Waals surface area contributed by atoms with E-state index >= 15 is 0 Å². The minimum atomic E-state index is -0.568. The van der Waals surface area contributed by atoms with E-state index in [1.807, 2.05) is 0 Å². The summed E-state index contributed by atoms with van der Waals surface area (Å²) < 4.78 is 0. The Bertz CT molecular complexity index is 144. The summed E-state index contributed by atoms with van der Waals surface area (Å²) in [5.74, 6) is 0. The van der Waals surface area contributed by atoms with Crippen molar-refractivity contribution in [2.24, 2.45) is 11.1 Å². The molecule has 1 rings (SSSR count). The summed E-state index contributed by atoms with van der Waals surface area (Å²) in [5.41, 5.74) is 5.22. The predicted molar refractivity (Wildman–Crippen MR) is 46.3 cm³/mol. The first kappa shape index (κ1) is 9.01. The predicted octanol–water partition coefficient (Wildman–Crippen LogP) is 1.28. The Morgan fingerprint density at radius 3 is 2.36 bits per heavy atom. The van der Waals surface area contributed by atoms with Crippen LogP contribution >= 0.6 is 0 Å². The number of hydrogen-bond acceptors (Lipinski definition) is 2. The van der Waals surface area contributed by atoms with Crippen LogP contribution in [0.15, 0.2) is 0 Å². The zero-order valence-electron chi connectivity index (χ0n) is 7.56. The van der Waals surface area contributed by atoms with Gasteiger partial charge in [0.15, 0.2) is 0 Å². The molecular weight excluding hydrogens is 138 g/mol. The summed E-state index contributed by atoms with van der Waals surface area (Å²) in [5, 5.41) is 9.89. The summed E-state index contributed by atoms with van der Waals surface area (Å²) in [6.07, 6.45) is 4.07. The summed E-state index contributed by atoms with van der Waals surface area (Å²) in [6, 6.07) is 0. The van der Waals surface area contributed by atoms with Crippen molar-refractivity contribution in [1.82, 2.24) is 0 Å².